The third-order valence-electron chi connectivity index (χ3n) is 28.7. The minimum Gasteiger partial charge on any atom is -0.206 e. The van der Waals surface area contributed by atoms with Crippen LogP contribution in [0.15, 0.2) is 194 Å². The van der Waals surface area contributed by atoms with Gasteiger partial charge in [-0.1, -0.05) is 230 Å². The molecule has 0 radical (unpaired) electrons. The lowest BCUT2D eigenvalue weighted by atomic mass is 9.91. The van der Waals surface area contributed by atoms with Crippen molar-refractivity contribution >= 4 is 43.1 Å². The van der Waals surface area contributed by atoms with E-state index in [1.54, 1.807) is 0 Å². The molecular formula is C114H130F2N4+4. The first-order valence-corrected chi connectivity index (χ1v) is 45.3. The Balaban J connectivity index is 0.000000125. The maximum absolute atomic E-state index is 15.3. The highest BCUT2D eigenvalue weighted by Gasteiger charge is 2.30. The lowest BCUT2D eigenvalue weighted by Crippen LogP contribution is -2.35. The zero-order valence-corrected chi connectivity index (χ0v) is 75.5. The maximum atomic E-state index is 15.3. The number of hydrogen-bond donors (Lipinski definition) is 0. The van der Waals surface area contributed by atoms with Gasteiger partial charge in [-0.05, 0) is 283 Å². The Morgan fingerprint density at radius 1 is 0.250 bits per heavy atom. The van der Waals surface area contributed by atoms with Gasteiger partial charge in [-0.25, -0.2) is 8.78 Å². The van der Waals surface area contributed by atoms with E-state index < -0.39 is 0 Å². The fourth-order valence-corrected chi connectivity index (χ4v) is 21.2. The van der Waals surface area contributed by atoms with Gasteiger partial charge in [0.25, 0.3) is 0 Å². The van der Waals surface area contributed by atoms with Crippen molar-refractivity contribution in [3.8, 4) is 67.3 Å². The fourth-order valence-electron chi connectivity index (χ4n) is 21.2. The number of hydrogen-bond acceptors (Lipinski definition) is 0. The van der Waals surface area contributed by atoms with Crippen LogP contribution in [0.25, 0.3) is 110 Å². The summed E-state index contributed by atoms with van der Waals surface area (Å²) in [5.41, 5.74) is 36.1. The summed E-state index contributed by atoms with van der Waals surface area (Å²) >= 11 is 0. The van der Waals surface area contributed by atoms with Crippen molar-refractivity contribution in [2.45, 2.75) is 225 Å². The molecule has 4 aliphatic carbocycles. The van der Waals surface area contributed by atoms with Crippen molar-refractivity contribution < 1.29 is 27.0 Å². The van der Waals surface area contributed by atoms with E-state index in [1.807, 2.05) is 53.8 Å². The second kappa shape index (κ2) is 36.6. The number of aromatic nitrogens is 4. The normalized spacial score (nSPS) is 14.6. The fraction of sp³-hybridized carbons (Fsp3) is 0.368. The molecule has 0 spiro atoms. The van der Waals surface area contributed by atoms with Gasteiger partial charge in [-0.3, -0.25) is 0 Å². The largest absolute Gasteiger partial charge is 0.223 e. The molecule has 4 aromatic heterocycles. The minimum atomic E-state index is -0.0966. The molecule has 6 heteroatoms. The van der Waals surface area contributed by atoms with Crippen molar-refractivity contribution in [1.82, 2.24) is 0 Å². The summed E-state index contributed by atoms with van der Waals surface area (Å²) in [5, 5.41) is 10.3. The van der Waals surface area contributed by atoms with E-state index >= 15 is 4.39 Å². The van der Waals surface area contributed by atoms with E-state index in [-0.39, 0.29) is 11.6 Å². The van der Waals surface area contributed by atoms with Gasteiger partial charge in [-0.2, -0.15) is 18.3 Å². The van der Waals surface area contributed by atoms with Gasteiger partial charge in [0, 0.05) is 63.1 Å². The highest BCUT2D eigenvalue weighted by molar-refractivity contribution is 5.98. The van der Waals surface area contributed by atoms with Crippen molar-refractivity contribution in [3.05, 3.63) is 306 Å². The molecule has 4 fully saturated rings. The third kappa shape index (κ3) is 17.9. The first kappa shape index (κ1) is 84.7. The predicted octanol–water partition coefficient (Wildman–Crippen LogP) is 28.2. The topological polar surface area (TPSA) is 15.5 Å². The van der Waals surface area contributed by atoms with E-state index in [2.05, 4.69) is 284 Å². The Bertz CT molecular complexity index is 6150. The smallest absolute Gasteiger partial charge is 0.206 e. The van der Waals surface area contributed by atoms with E-state index in [4.69, 9.17) is 0 Å². The van der Waals surface area contributed by atoms with Crippen LogP contribution in [0.5, 0.6) is 0 Å². The van der Waals surface area contributed by atoms with Gasteiger partial charge >= 0.3 is 0 Å². The lowest BCUT2D eigenvalue weighted by molar-refractivity contribution is -0.665. The lowest BCUT2D eigenvalue weighted by Gasteiger charge is -2.15. The van der Waals surface area contributed by atoms with E-state index in [1.165, 1.54) is 278 Å². The van der Waals surface area contributed by atoms with Crippen LogP contribution in [0.1, 0.15) is 203 Å². The molecule has 0 aliphatic heterocycles. The molecule has 0 amide bonds. The molecule has 4 heterocycles. The molecule has 4 nitrogen and oxygen atoms in total. The van der Waals surface area contributed by atoms with Crippen LogP contribution < -0.4 is 18.3 Å². The van der Waals surface area contributed by atoms with Gasteiger partial charge in [0.1, 0.15) is 39.8 Å². The summed E-state index contributed by atoms with van der Waals surface area (Å²) in [7, 11) is 8.56. The molecule has 0 N–H and O–H groups in total. The molecule has 10 aromatic carbocycles. The Morgan fingerprint density at radius 2 is 0.592 bits per heavy atom. The van der Waals surface area contributed by atoms with Crippen molar-refractivity contribution in [2.24, 2.45) is 51.9 Å². The number of nitrogens with zero attached hydrogens (tertiary/aromatic N) is 4. The summed E-state index contributed by atoms with van der Waals surface area (Å²) in [5.74, 6) is 3.26. The molecule has 4 aliphatic rings. The van der Waals surface area contributed by atoms with Crippen LogP contribution >= 0.6 is 0 Å². The van der Waals surface area contributed by atoms with Gasteiger partial charge in [0.15, 0.2) is 22.8 Å². The number of halogens is 2. The van der Waals surface area contributed by atoms with Gasteiger partial charge in [0.2, 0.25) is 22.8 Å². The van der Waals surface area contributed by atoms with E-state index in [9.17, 15) is 4.39 Å². The monoisotopic (exact) mass is 1590 g/mol. The Morgan fingerprint density at radius 3 is 0.975 bits per heavy atom. The highest BCUT2D eigenvalue weighted by atomic mass is 19.1. The molecule has 18 rings (SSSR count). The van der Waals surface area contributed by atoms with Crippen molar-refractivity contribution in [2.75, 3.05) is 0 Å². The highest BCUT2D eigenvalue weighted by Crippen LogP contribution is 2.42. The van der Waals surface area contributed by atoms with E-state index in [0.29, 0.717) is 11.1 Å². The number of rotatable bonds is 14. The average Bonchev–Trinajstić information content (AvgIpc) is 0.788. The number of benzene rings is 10. The van der Waals surface area contributed by atoms with Crippen molar-refractivity contribution in [1.29, 1.82) is 0 Å². The quantitative estimate of drug-likeness (QED) is 0.0965. The molecule has 4 saturated carbocycles. The summed E-state index contributed by atoms with van der Waals surface area (Å²) < 4.78 is 38.8. The van der Waals surface area contributed by atoms with Crippen molar-refractivity contribution in [3.63, 3.8) is 0 Å². The third-order valence-corrected chi connectivity index (χ3v) is 28.7. The first-order chi connectivity index (χ1) is 57.7. The molecule has 616 valence electrons. The zero-order valence-electron chi connectivity index (χ0n) is 75.5. The second-order valence-electron chi connectivity index (χ2n) is 37.2. The number of aryl methyl sites for hydroxylation is 11. The second-order valence-corrected chi connectivity index (χ2v) is 37.2. The summed E-state index contributed by atoms with van der Waals surface area (Å²) in [6.45, 7) is 29.4. The average molecular weight is 1590 g/mol. The number of fused-ring (bicyclic) bond motifs is 4. The minimum absolute atomic E-state index is 0.0836. The van der Waals surface area contributed by atoms with Gasteiger partial charge in [0.05, 0.1) is 32.7 Å². The van der Waals surface area contributed by atoms with Crippen LogP contribution in [0, 0.1) is 132 Å². The predicted molar refractivity (Wildman–Crippen MR) is 502 cm³/mol. The standard InChI is InChI=1S/C32H36N.C30H32N.2C26H31FN/c1-21-9-8-10-22(2)31(21)27-14-16-29(23(3)17-27)32-30-15-13-26(19-25-11-6-7-12-25)20-28(30)18-24(4)33(32)5;1-21-17-26(25-11-5-4-6-12-25)14-16-28(21)30-29-15-13-24(19-23-9-7-8-10-23)20-27(29)18-22(2)31(30)3;1-16-12-24(18(3)19(4)25(16)27)26-23-11-10-21(14-20-8-6-7-9-20)15-22(23)13-17(2)28(26)5;1-16-12-17(2)25(27)24(19(16)4)26-23-11-10-21(14-20-8-6-7-9-20)15-22(23)13-18(3)28(26)5/h8-10,13-18,20,25H,6-7,11-12,19H2,1-5H3;4-6,11-18,20,23H,7-10,19H2,1-3H3;2*10-13,15,20H,6-9,14H2,1-5H3/q4*+1. The van der Waals surface area contributed by atoms with E-state index in [0.717, 1.165) is 73.8 Å². The first-order valence-electron chi connectivity index (χ1n) is 45.3. The SMILES string of the molecule is Cc1cc(-c2c(C)cccc2C)ccc1-c1c2ccc(CC3CCCC3)cc2cc(C)[n+]1C.Cc1cc(-c2c3ccc(CC4CCCC4)cc3cc(C)[n+]2C)c(C)c(C)c1F.Cc1cc(-c2ccccc2)ccc1-c1c2ccc(CC3CCCC3)cc2cc(C)[n+]1C.Cc1cc(C)c(F)c(-c2c3ccc(CC4CCCC4)cc3cc(C)[n+]2C)c1C. The summed E-state index contributed by atoms with van der Waals surface area (Å²) in [4.78, 5) is 0. The van der Waals surface area contributed by atoms with Crippen LogP contribution in [0.3, 0.4) is 0 Å². The van der Waals surface area contributed by atoms with Gasteiger partial charge in [-0.15, -0.1) is 0 Å². The maximum Gasteiger partial charge on any atom is 0.223 e. The van der Waals surface area contributed by atoms with Crippen LogP contribution in [0.2, 0.25) is 0 Å². The molecule has 0 unspecified atom stereocenters. The molecule has 0 atom stereocenters. The Hall–Kier alpha value is -10.3. The molecule has 0 saturated heterocycles. The molecule has 0 bridgehead atoms. The van der Waals surface area contributed by atoms with Crippen LogP contribution in [0.4, 0.5) is 8.78 Å². The molecule has 120 heavy (non-hydrogen) atoms. The van der Waals surface area contributed by atoms with Crippen LogP contribution in [-0.2, 0) is 53.9 Å². The molecular weight excluding hydrogens is 1460 g/mol. The number of pyridine rings is 4. The Kier molecular flexibility index (Phi) is 25.8. The summed E-state index contributed by atoms with van der Waals surface area (Å²) in [6.07, 6.45) is 27.1. The summed E-state index contributed by atoms with van der Waals surface area (Å²) in [6, 6.07) is 72.5. The zero-order chi connectivity index (χ0) is 84.5. The van der Waals surface area contributed by atoms with Gasteiger partial charge < -0.3 is 0 Å². The molecule has 14 aromatic rings. The van der Waals surface area contributed by atoms with Crippen LogP contribution in [-0.4, -0.2) is 0 Å². The Labute approximate surface area is 716 Å².